The maximum Gasteiger partial charge on any atom is 0.225 e. The summed E-state index contributed by atoms with van der Waals surface area (Å²) in [5, 5.41) is 2.95. The fourth-order valence-electron chi connectivity index (χ4n) is 1.42. The summed E-state index contributed by atoms with van der Waals surface area (Å²) in [4.78, 5) is 12.1. The SMILES string of the molecule is CC1CC(=O)Nc2ccc(F)cc2S1. The van der Waals surface area contributed by atoms with Gasteiger partial charge in [-0.1, -0.05) is 6.92 Å². The van der Waals surface area contributed by atoms with Crippen LogP contribution in [0.3, 0.4) is 0 Å². The van der Waals surface area contributed by atoms with Crippen LogP contribution >= 0.6 is 11.8 Å². The van der Waals surface area contributed by atoms with E-state index in [2.05, 4.69) is 5.32 Å². The summed E-state index contributed by atoms with van der Waals surface area (Å²) in [6, 6.07) is 4.42. The van der Waals surface area contributed by atoms with Gasteiger partial charge in [-0.15, -0.1) is 11.8 Å². The van der Waals surface area contributed by atoms with E-state index >= 15 is 0 Å². The number of halogens is 1. The molecule has 4 heteroatoms. The van der Waals surface area contributed by atoms with Crippen molar-refractivity contribution in [2.75, 3.05) is 5.32 Å². The molecular formula is C10H10FNOS. The van der Waals surface area contributed by atoms with Gasteiger partial charge in [-0.2, -0.15) is 0 Å². The average Bonchev–Trinajstić information content (AvgIpc) is 2.21. The predicted molar refractivity (Wildman–Crippen MR) is 55.0 cm³/mol. The van der Waals surface area contributed by atoms with E-state index < -0.39 is 0 Å². The summed E-state index contributed by atoms with van der Waals surface area (Å²) >= 11 is 1.53. The molecule has 1 atom stereocenters. The molecule has 0 aliphatic carbocycles. The van der Waals surface area contributed by atoms with Gasteiger partial charge in [0.05, 0.1) is 5.69 Å². The highest BCUT2D eigenvalue weighted by molar-refractivity contribution is 8.00. The van der Waals surface area contributed by atoms with Crippen LogP contribution in [0.4, 0.5) is 10.1 Å². The van der Waals surface area contributed by atoms with Gasteiger partial charge < -0.3 is 5.32 Å². The smallest absolute Gasteiger partial charge is 0.225 e. The number of hydrogen-bond donors (Lipinski definition) is 1. The van der Waals surface area contributed by atoms with Crippen molar-refractivity contribution in [3.05, 3.63) is 24.0 Å². The Balaban J connectivity index is 2.41. The molecule has 0 radical (unpaired) electrons. The van der Waals surface area contributed by atoms with Crippen molar-refractivity contribution >= 4 is 23.4 Å². The molecule has 0 fully saturated rings. The highest BCUT2D eigenvalue weighted by Gasteiger charge is 2.18. The molecule has 0 saturated carbocycles. The average molecular weight is 211 g/mol. The van der Waals surface area contributed by atoms with E-state index in [1.165, 1.54) is 23.9 Å². The second-order valence-electron chi connectivity index (χ2n) is 3.32. The molecule has 1 unspecified atom stereocenters. The van der Waals surface area contributed by atoms with Gasteiger partial charge in [0.15, 0.2) is 0 Å². The number of benzene rings is 1. The van der Waals surface area contributed by atoms with Crippen LogP contribution in [0.25, 0.3) is 0 Å². The third-order valence-electron chi connectivity index (χ3n) is 2.02. The van der Waals surface area contributed by atoms with Crippen LogP contribution in [0.1, 0.15) is 13.3 Å². The molecule has 1 aromatic carbocycles. The van der Waals surface area contributed by atoms with Crippen molar-refractivity contribution in [2.24, 2.45) is 0 Å². The molecule has 1 heterocycles. The van der Waals surface area contributed by atoms with Crippen LogP contribution in [0.15, 0.2) is 23.1 Å². The molecular weight excluding hydrogens is 201 g/mol. The minimum Gasteiger partial charge on any atom is -0.325 e. The fraction of sp³-hybridized carbons (Fsp3) is 0.300. The third-order valence-corrected chi connectivity index (χ3v) is 3.18. The van der Waals surface area contributed by atoms with Crippen molar-refractivity contribution in [1.82, 2.24) is 0 Å². The number of fused-ring (bicyclic) bond motifs is 1. The van der Waals surface area contributed by atoms with Crippen molar-refractivity contribution in [1.29, 1.82) is 0 Å². The van der Waals surface area contributed by atoms with E-state index in [4.69, 9.17) is 0 Å². The Hall–Kier alpha value is -1.03. The molecule has 0 aromatic heterocycles. The summed E-state index contributed by atoms with van der Waals surface area (Å²) in [5.74, 6) is -0.269. The van der Waals surface area contributed by atoms with Gasteiger partial charge >= 0.3 is 0 Å². The molecule has 1 amide bonds. The number of hydrogen-bond acceptors (Lipinski definition) is 2. The van der Waals surface area contributed by atoms with Gasteiger partial charge in [-0.05, 0) is 18.2 Å². The summed E-state index contributed by atoms with van der Waals surface area (Å²) in [6.45, 7) is 1.96. The largest absolute Gasteiger partial charge is 0.325 e. The molecule has 1 N–H and O–H groups in total. The van der Waals surface area contributed by atoms with Gasteiger partial charge in [-0.25, -0.2) is 4.39 Å². The van der Waals surface area contributed by atoms with Gasteiger partial charge in [0.25, 0.3) is 0 Å². The topological polar surface area (TPSA) is 29.1 Å². The number of carbonyl (C=O) groups is 1. The zero-order valence-electron chi connectivity index (χ0n) is 7.71. The van der Waals surface area contributed by atoms with Crippen molar-refractivity contribution < 1.29 is 9.18 Å². The molecule has 1 aliphatic rings. The number of anilines is 1. The van der Waals surface area contributed by atoms with Gasteiger partial charge in [0, 0.05) is 16.6 Å². The van der Waals surface area contributed by atoms with E-state index in [1.807, 2.05) is 6.92 Å². The minimum atomic E-state index is -0.264. The van der Waals surface area contributed by atoms with Crippen molar-refractivity contribution in [3.63, 3.8) is 0 Å². The molecule has 1 aliphatic heterocycles. The van der Waals surface area contributed by atoms with Gasteiger partial charge in [0.1, 0.15) is 5.82 Å². The zero-order valence-corrected chi connectivity index (χ0v) is 8.53. The molecule has 2 rings (SSSR count). The Labute approximate surface area is 85.9 Å². The summed E-state index contributed by atoms with van der Waals surface area (Å²) in [7, 11) is 0. The van der Waals surface area contributed by atoms with E-state index in [0.717, 1.165) is 4.90 Å². The Morgan fingerprint density at radius 2 is 2.36 bits per heavy atom. The maximum atomic E-state index is 12.9. The monoisotopic (exact) mass is 211 g/mol. The number of nitrogens with one attached hydrogen (secondary N) is 1. The van der Waals surface area contributed by atoms with E-state index in [0.29, 0.717) is 12.1 Å². The quantitative estimate of drug-likeness (QED) is 0.714. The Kier molecular flexibility index (Phi) is 2.46. The van der Waals surface area contributed by atoms with Crippen LogP contribution in [0, 0.1) is 5.82 Å². The standard InChI is InChI=1S/C10H10FNOS/c1-6-4-10(13)12-8-3-2-7(11)5-9(8)14-6/h2-3,5-6H,4H2,1H3,(H,12,13). The van der Waals surface area contributed by atoms with Gasteiger partial charge in [-0.3, -0.25) is 4.79 Å². The van der Waals surface area contributed by atoms with E-state index in [1.54, 1.807) is 6.07 Å². The molecule has 1 aromatic rings. The summed E-state index contributed by atoms with van der Waals surface area (Å²) < 4.78 is 12.9. The highest BCUT2D eigenvalue weighted by atomic mass is 32.2. The lowest BCUT2D eigenvalue weighted by Gasteiger charge is -2.06. The Bertz CT molecular complexity index is 380. The van der Waals surface area contributed by atoms with Crippen molar-refractivity contribution in [3.8, 4) is 0 Å². The number of rotatable bonds is 0. The summed E-state index contributed by atoms with van der Waals surface area (Å²) in [5.41, 5.74) is 0.714. The first kappa shape index (κ1) is 9.52. The van der Waals surface area contributed by atoms with E-state index in [9.17, 15) is 9.18 Å². The first-order valence-electron chi connectivity index (χ1n) is 4.41. The van der Waals surface area contributed by atoms with Crippen LogP contribution in [-0.4, -0.2) is 11.2 Å². The highest BCUT2D eigenvalue weighted by Crippen LogP contribution is 2.35. The lowest BCUT2D eigenvalue weighted by atomic mass is 10.3. The van der Waals surface area contributed by atoms with Crippen LogP contribution < -0.4 is 5.32 Å². The molecule has 0 bridgehead atoms. The number of carbonyl (C=O) groups excluding carboxylic acids is 1. The third kappa shape index (κ3) is 1.90. The minimum absolute atomic E-state index is 0.00430. The van der Waals surface area contributed by atoms with Gasteiger partial charge in [0.2, 0.25) is 5.91 Å². The molecule has 74 valence electrons. The number of thioether (sulfide) groups is 1. The van der Waals surface area contributed by atoms with E-state index in [-0.39, 0.29) is 17.0 Å². The normalized spacial score (nSPS) is 21.0. The molecule has 2 nitrogen and oxygen atoms in total. The molecule has 14 heavy (non-hydrogen) atoms. The van der Waals surface area contributed by atoms with Crippen molar-refractivity contribution in [2.45, 2.75) is 23.5 Å². The number of amides is 1. The fourth-order valence-corrected chi connectivity index (χ4v) is 2.51. The second-order valence-corrected chi connectivity index (χ2v) is 4.80. The first-order chi connectivity index (χ1) is 6.65. The first-order valence-corrected chi connectivity index (χ1v) is 5.29. The van der Waals surface area contributed by atoms with Crippen LogP contribution in [0.5, 0.6) is 0 Å². The Morgan fingerprint density at radius 1 is 1.57 bits per heavy atom. The summed E-state index contributed by atoms with van der Waals surface area (Å²) in [6.07, 6.45) is 0.473. The molecule has 0 spiro atoms. The molecule has 0 saturated heterocycles. The van der Waals surface area contributed by atoms with Crippen LogP contribution in [-0.2, 0) is 4.79 Å². The Morgan fingerprint density at radius 3 is 3.14 bits per heavy atom. The lowest BCUT2D eigenvalue weighted by Crippen LogP contribution is -2.13. The second kappa shape index (κ2) is 3.61. The maximum absolute atomic E-state index is 12.9. The zero-order chi connectivity index (χ0) is 10.1. The lowest BCUT2D eigenvalue weighted by molar-refractivity contribution is -0.116. The predicted octanol–water partition coefficient (Wildman–Crippen LogP) is 2.65. The van der Waals surface area contributed by atoms with Crippen LogP contribution in [0.2, 0.25) is 0 Å².